The molecule has 1 aliphatic heterocycles. The minimum atomic E-state index is 0.140. The Morgan fingerprint density at radius 3 is 3.33 bits per heavy atom. The van der Waals surface area contributed by atoms with Gasteiger partial charge in [-0.15, -0.1) is 0 Å². The Bertz CT molecular complexity index is 401. The zero-order chi connectivity index (χ0) is 12.8. The number of ether oxygens (including phenoxy) is 1. The van der Waals surface area contributed by atoms with Crippen LogP contribution in [0.25, 0.3) is 0 Å². The van der Waals surface area contributed by atoms with Crippen LogP contribution in [0.15, 0.2) is 6.20 Å². The Balaban J connectivity index is 1.77. The lowest BCUT2D eigenvalue weighted by Gasteiger charge is -2.14. The Kier molecular flexibility index (Phi) is 4.75. The molecule has 100 valence electrons. The van der Waals surface area contributed by atoms with Crippen molar-refractivity contribution in [1.82, 2.24) is 15.1 Å². The first kappa shape index (κ1) is 13.1. The lowest BCUT2D eigenvalue weighted by atomic mass is 10.2. The maximum Gasteiger partial charge on any atom is 0.220 e. The monoisotopic (exact) mass is 251 g/mol. The second-order valence-electron chi connectivity index (χ2n) is 4.60. The number of hydrogen-bond donors (Lipinski definition) is 1. The summed E-state index contributed by atoms with van der Waals surface area (Å²) < 4.78 is 7.36. The van der Waals surface area contributed by atoms with Crippen molar-refractivity contribution in [2.75, 3.05) is 13.2 Å². The zero-order valence-corrected chi connectivity index (χ0v) is 10.9. The first-order chi connectivity index (χ1) is 8.81. The standard InChI is InChI=1S/C13H21N3O2/c1-2-3-4-13(17)14-6-7-16-12-5-8-18-10-11(12)9-15-16/h9H,2-8,10H2,1H3,(H,14,17). The number of fused-ring (bicyclic) bond motifs is 1. The van der Waals surface area contributed by atoms with Crippen LogP contribution >= 0.6 is 0 Å². The number of aromatic nitrogens is 2. The van der Waals surface area contributed by atoms with Crippen molar-refractivity contribution in [3.63, 3.8) is 0 Å². The van der Waals surface area contributed by atoms with Crippen LogP contribution in [0, 0.1) is 0 Å². The van der Waals surface area contributed by atoms with Gasteiger partial charge in [0.15, 0.2) is 0 Å². The number of nitrogens with one attached hydrogen (secondary N) is 1. The molecule has 0 saturated carbocycles. The summed E-state index contributed by atoms with van der Waals surface area (Å²) in [4.78, 5) is 11.5. The first-order valence-electron chi connectivity index (χ1n) is 6.69. The van der Waals surface area contributed by atoms with Crippen LogP contribution in [0.1, 0.15) is 37.4 Å². The third-order valence-electron chi connectivity index (χ3n) is 3.18. The van der Waals surface area contributed by atoms with Gasteiger partial charge in [0.2, 0.25) is 5.91 Å². The van der Waals surface area contributed by atoms with Crippen molar-refractivity contribution >= 4 is 5.91 Å². The summed E-state index contributed by atoms with van der Waals surface area (Å²) >= 11 is 0. The van der Waals surface area contributed by atoms with Gasteiger partial charge in [-0.25, -0.2) is 0 Å². The van der Waals surface area contributed by atoms with E-state index < -0.39 is 0 Å². The smallest absolute Gasteiger partial charge is 0.220 e. The molecule has 0 aliphatic carbocycles. The van der Waals surface area contributed by atoms with Crippen LogP contribution in [0.5, 0.6) is 0 Å². The number of hydrogen-bond acceptors (Lipinski definition) is 3. The van der Waals surface area contributed by atoms with E-state index in [1.807, 2.05) is 10.9 Å². The molecule has 0 radical (unpaired) electrons. The van der Waals surface area contributed by atoms with Crippen molar-refractivity contribution in [3.8, 4) is 0 Å². The van der Waals surface area contributed by atoms with E-state index in [1.54, 1.807) is 0 Å². The number of carbonyl (C=O) groups excluding carboxylic acids is 1. The van der Waals surface area contributed by atoms with E-state index in [2.05, 4.69) is 17.3 Å². The van der Waals surface area contributed by atoms with Crippen LogP contribution in [-0.2, 0) is 29.1 Å². The molecular formula is C13H21N3O2. The van der Waals surface area contributed by atoms with Crippen molar-refractivity contribution in [2.24, 2.45) is 0 Å². The van der Waals surface area contributed by atoms with Gasteiger partial charge >= 0.3 is 0 Å². The largest absolute Gasteiger partial charge is 0.376 e. The van der Waals surface area contributed by atoms with E-state index in [9.17, 15) is 4.79 Å². The highest BCUT2D eigenvalue weighted by Crippen LogP contribution is 2.15. The van der Waals surface area contributed by atoms with Gasteiger partial charge in [-0.1, -0.05) is 13.3 Å². The molecule has 1 aliphatic rings. The molecule has 5 nitrogen and oxygen atoms in total. The van der Waals surface area contributed by atoms with Crippen LogP contribution in [0.2, 0.25) is 0 Å². The molecule has 0 fully saturated rings. The molecule has 0 bridgehead atoms. The van der Waals surface area contributed by atoms with Gasteiger partial charge in [-0.2, -0.15) is 5.10 Å². The van der Waals surface area contributed by atoms with Crippen LogP contribution in [0.4, 0.5) is 0 Å². The number of unbranched alkanes of at least 4 members (excludes halogenated alkanes) is 1. The highest BCUT2D eigenvalue weighted by molar-refractivity contribution is 5.75. The molecule has 18 heavy (non-hydrogen) atoms. The van der Waals surface area contributed by atoms with E-state index in [1.165, 1.54) is 11.3 Å². The summed E-state index contributed by atoms with van der Waals surface area (Å²) in [5, 5.41) is 7.27. The van der Waals surface area contributed by atoms with Gasteiger partial charge in [0.05, 0.1) is 26.0 Å². The predicted octanol–water partition coefficient (Wildman–Crippen LogP) is 1.26. The number of nitrogens with zero attached hydrogens (tertiary/aromatic N) is 2. The average Bonchev–Trinajstić information content (AvgIpc) is 2.80. The van der Waals surface area contributed by atoms with Crippen molar-refractivity contribution in [2.45, 2.75) is 45.8 Å². The van der Waals surface area contributed by atoms with E-state index in [-0.39, 0.29) is 5.91 Å². The second kappa shape index (κ2) is 6.54. The molecule has 0 saturated heterocycles. The summed E-state index contributed by atoms with van der Waals surface area (Å²) in [5.41, 5.74) is 2.43. The summed E-state index contributed by atoms with van der Waals surface area (Å²) in [6, 6.07) is 0. The highest BCUT2D eigenvalue weighted by Gasteiger charge is 2.14. The number of rotatable bonds is 6. The molecule has 0 aromatic carbocycles. The lowest BCUT2D eigenvalue weighted by molar-refractivity contribution is -0.121. The van der Waals surface area contributed by atoms with Crippen molar-refractivity contribution in [3.05, 3.63) is 17.5 Å². The predicted molar refractivity (Wildman–Crippen MR) is 68.1 cm³/mol. The molecule has 1 aromatic rings. The van der Waals surface area contributed by atoms with Crippen LogP contribution in [-0.4, -0.2) is 28.8 Å². The number of carbonyl (C=O) groups is 1. The van der Waals surface area contributed by atoms with Gasteiger partial charge in [0, 0.05) is 30.6 Å². The van der Waals surface area contributed by atoms with Gasteiger partial charge in [-0.05, 0) is 6.42 Å². The van der Waals surface area contributed by atoms with E-state index in [4.69, 9.17) is 4.74 Å². The third kappa shape index (κ3) is 3.32. The molecule has 1 aromatic heterocycles. The molecular weight excluding hydrogens is 230 g/mol. The molecule has 0 atom stereocenters. The van der Waals surface area contributed by atoms with Crippen LogP contribution in [0.3, 0.4) is 0 Å². The fourth-order valence-electron chi connectivity index (χ4n) is 2.13. The first-order valence-corrected chi connectivity index (χ1v) is 6.69. The lowest BCUT2D eigenvalue weighted by Crippen LogP contribution is -2.28. The normalized spacial score (nSPS) is 14.3. The maximum absolute atomic E-state index is 11.5. The topological polar surface area (TPSA) is 56.2 Å². The summed E-state index contributed by atoms with van der Waals surface area (Å²) in [6.07, 6.45) is 5.43. The Labute approximate surface area is 108 Å². The molecule has 2 rings (SSSR count). The minimum absolute atomic E-state index is 0.140. The average molecular weight is 251 g/mol. The number of amides is 1. The molecule has 5 heteroatoms. The van der Waals surface area contributed by atoms with E-state index in [0.717, 1.165) is 32.4 Å². The quantitative estimate of drug-likeness (QED) is 0.828. The summed E-state index contributed by atoms with van der Waals surface area (Å²) in [5.74, 6) is 0.140. The van der Waals surface area contributed by atoms with Gasteiger partial charge in [-0.3, -0.25) is 9.48 Å². The van der Waals surface area contributed by atoms with Crippen molar-refractivity contribution in [1.29, 1.82) is 0 Å². The molecule has 0 spiro atoms. The molecule has 2 heterocycles. The Morgan fingerprint density at radius 2 is 2.50 bits per heavy atom. The third-order valence-corrected chi connectivity index (χ3v) is 3.18. The van der Waals surface area contributed by atoms with Gasteiger partial charge in [0.1, 0.15) is 0 Å². The molecule has 1 N–H and O–H groups in total. The summed E-state index contributed by atoms with van der Waals surface area (Å²) in [6.45, 7) is 4.91. The second-order valence-corrected chi connectivity index (χ2v) is 4.60. The van der Waals surface area contributed by atoms with Gasteiger partial charge in [0.25, 0.3) is 0 Å². The minimum Gasteiger partial charge on any atom is -0.376 e. The summed E-state index contributed by atoms with van der Waals surface area (Å²) in [7, 11) is 0. The fourth-order valence-corrected chi connectivity index (χ4v) is 2.13. The molecule has 1 amide bonds. The van der Waals surface area contributed by atoms with Gasteiger partial charge < -0.3 is 10.1 Å². The van der Waals surface area contributed by atoms with E-state index in [0.29, 0.717) is 19.6 Å². The maximum atomic E-state index is 11.5. The molecule has 0 unspecified atom stereocenters. The highest BCUT2D eigenvalue weighted by atomic mass is 16.5. The van der Waals surface area contributed by atoms with Crippen molar-refractivity contribution < 1.29 is 9.53 Å². The van der Waals surface area contributed by atoms with E-state index >= 15 is 0 Å². The Morgan fingerprint density at radius 1 is 1.61 bits per heavy atom. The zero-order valence-electron chi connectivity index (χ0n) is 10.9. The van der Waals surface area contributed by atoms with Crippen LogP contribution < -0.4 is 5.32 Å². The SMILES string of the molecule is CCCCC(=O)NCCn1ncc2c1CCOC2. The Hall–Kier alpha value is -1.36. The fraction of sp³-hybridized carbons (Fsp3) is 0.692.